The van der Waals surface area contributed by atoms with E-state index in [4.69, 9.17) is 42.9 Å². The van der Waals surface area contributed by atoms with Crippen LogP contribution in [0, 0.1) is 30.6 Å². The number of nitrogens with one attached hydrogen (secondary N) is 2. The van der Waals surface area contributed by atoms with Gasteiger partial charge in [0.1, 0.15) is 28.9 Å². The van der Waals surface area contributed by atoms with E-state index < -0.39 is 0 Å². The van der Waals surface area contributed by atoms with Gasteiger partial charge in [0.25, 0.3) is 12.2 Å². The van der Waals surface area contributed by atoms with E-state index in [0.29, 0.717) is 105 Å². The number of amides is 2. The van der Waals surface area contributed by atoms with Gasteiger partial charge in [-0.25, -0.2) is 4.58 Å². The number of rotatable bonds is 16. The van der Waals surface area contributed by atoms with Gasteiger partial charge in [-0.15, -0.1) is 0 Å². The lowest BCUT2D eigenvalue weighted by Gasteiger charge is -2.53. The van der Waals surface area contributed by atoms with Gasteiger partial charge in [0.15, 0.2) is 23.0 Å². The highest BCUT2D eigenvalue weighted by molar-refractivity contribution is 5.90. The second kappa shape index (κ2) is 20.9. The molecule has 17 heteroatoms. The minimum atomic E-state index is -0.142. The summed E-state index contributed by atoms with van der Waals surface area (Å²) < 4.78 is 51.1. The number of aromatic nitrogens is 3. The van der Waals surface area contributed by atoms with Crippen LogP contribution in [0.15, 0.2) is 95.1 Å². The molecule has 8 heterocycles. The summed E-state index contributed by atoms with van der Waals surface area (Å²) in [5, 5.41) is 2.93. The number of benzene rings is 3. The fourth-order valence-electron chi connectivity index (χ4n) is 12.2. The molecule has 77 heavy (non-hydrogen) atoms. The molecule has 6 aliphatic rings. The smallest absolute Gasteiger partial charge is 0.288 e. The number of pyridine rings is 1. The molecule has 2 atom stereocenters. The molecular formula is C60H68N7O10+. The highest BCUT2D eigenvalue weighted by Gasteiger charge is 2.52. The lowest BCUT2D eigenvalue weighted by Crippen LogP contribution is -2.53. The number of allylic oxidation sites excluding steroid dienone is 2. The predicted octanol–water partition coefficient (Wildman–Crippen LogP) is 9.81. The summed E-state index contributed by atoms with van der Waals surface area (Å²) >= 11 is 0. The molecule has 2 N–H and O–H groups in total. The van der Waals surface area contributed by atoms with Crippen molar-refractivity contribution in [1.29, 1.82) is 0 Å². The van der Waals surface area contributed by atoms with Crippen LogP contribution in [0.5, 0.6) is 28.7 Å². The summed E-state index contributed by atoms with van der Waals surface area (Å²) in [7, 11) is 5.22. The van der Waals surface area contributed by atoms with Crippen molar-refractivity contribution in [1.82, 2.24) is 24.8 Å². The van der Waals surface area contributed by atoms with Crippen LogP contribution in [-0.4, -0.2) is 134 Å². The Balaban J connectivity index is 0.636. The molecule has 0 saturated carbocycles. The fourth-order valence-corrected chi connectivity index (χ4v) is 12.2. The first kappa shape index (κ1) is 50.4. The quantitative estimate of drug-likeness (QED) is 0.0698. The van der Waals surface area contributed by atoms with E-state index in [-0.39, 0.29) is 29.3 Å². The van der Waals surface area contributed by atoms with Crippen molar-refractivity contribution in [3.8, 4) is 28.7 Å². The van der Waals surface area contributed by atoms with Gasteiger partial charge in [0, 0.05) is 119 Å². The van der Waals surface area contributed by atoms with Crippen molar-refractivity contribution in [2.45, 2.75) is 77.7 Å². The van der Waals surface area contributed by atoms with Gasteiger partial charge in [0.2, 0.25) is 11.8 Å². The van der Waals surface area contributed by atoms with Crippen molar-refractivity contribution < 1.29 is 52.1 Å². The molecule has 1 aliphatic carbocycles. The van der Waals surface area contributed by atoms with Crippen LogP contribution in [0.3, 0.4) is 0 Å². The number of likely N-dealkylation sites (tertiary alicyclic amines) is 2. The highest BCUT2D eigenvalue weighted by atomic mass is 16.5. The van der Waals surface area contributed by atoms with Crippen molar-refractivity contribution >= 4 is 56.8 Å². The number of piperidine rings is 2. The predicted molar refractivity (Wildman–Crippen MR) is 291 cm³/mol. The summed E-state index contributed by atoms with van der Waals surface area (Å²) in [6.45, 7) is 10.2. The van der Waals surface area contributed by atoms with E-state index >= 15 is 0 Å². The first-order valence-electron chi connectivity index (χ1n) is 27.1. The van der Waals surface area contributed by atoms with Crippen LogP contribution >= 0.6 is 0 Å². The Morgan fingerprint density at radius 3 is 2.19 bits per heavy atom. The topological polar surface area (TPSA) is 174 Å². The Hall–Kier alpha value is -7.37. The number of fused-ring (bicyclic) bond motifs is 4. The molecule has 0 radical (unpaired) electrons. The van der Waals surface area contributed by atoms with E-state index in [2.05, 4.69) is 40.1 Å². The normalized spacial score (nSPS) is 20.6. The number of hydrogen-bond acceptors (Lipinski definition) is 12. The van der Waals surface area contributed by atoms with E-state index in [0.717, 1.165) is 119 Å². The number of methoxy groups -OCH3 is 2. The maximum absolute atomic E-state index is 13.7. The van der Waals surface area contributed by atoms with Crippen LogP contribution in [0.2, 0.25) is 0 Å². The maximum atomic E-state index is 13.7. The summed E-state index contributed by atoms with van der Waals surface area (Å²) in [6.07, 6.45) is 11.6. The van der Waals surface area contributed by atoms with E-state index in [1.54, 1.807) is 26.8 Å². The average molecular weight is 1050 g/mol. The van der Waals surface area contributed by atoms with Gasteiger partial charge < -0.3 is 57.7 Å². The van der Waals surface area contributed by atoms with Crippen molar-refractivity contribution in [2.24, 2.45) is 21.7 Å². The highest BCUT2D eigenvalue weighted by Crippen LogP contribution is 2.55. The number of H-pyrrole nitrogens is 2. The van der Waals surface area contributed by atoms with Crippen LogP contribution in [0.25, 0.3) is 32.7 Å². The Morgan fingerprint density at radius 1 is 0.766 bits per heavy atom. The Bertz CT molecular complexity index is 3380. The lowest BCUT2D eigenvalue weighted by molar-refractivity contribution is -0.375. The summed E-state index contributed by atoms with van der Waals surface area (Å²) in [5.41, 5.74) is 7.14. The number of carbonyl (C=O) groups excluding carboxylic acids is 2. The van der Waals surface area contributed by atoms with Crippen molar-refractivity contribution in [2.75, 3.05) is 80.5 Å². The van der Waals surface area contributed by atoms with E-state index in [1.165, 1.54) is 0 Å². The molecule has 6 aromatic rings. The van der Waals surface area contributed by atoms with Gasteiger partial charge in [0.05, 0.1) is 65.9 Å². The zero-order valence-electron chi connectivity index (χ0n) is 44.7. The van der Waals surface area contributed by atoms with Gasteiger partial charge in [-0.05, 0) is 107 Å². The SMILES string of the molecule is COC1=C(OCCCC(=O)N2CCC3(CC2)COC3c2c(C)[nH]c3ccc(Oc4ccnc5cc(OCCCC(=O)N6CCC7(CC6)COC7)c(OC)cc45)cc23)C=C2N=C[N+](C)=C(Oc3ccc4[nH]c(C)cc4c3)C2C1. The molecule has 17 nitrogen and oxygen atoms in total. The Kier molecular flexibility index (Phi) is 13.7. The number of aryl methyl sites for hydroxylation is 2. The molecule has 2 amide bonds. The first-order valence-corrected chi connectivity index (χ1v) is 27.1. The Morgan fingerprint density at radius 2 is 1.49 bits per heavy atom. The van der Waals surface area contributed by atoms with Crippen molar-refractivity contribution in [3.05, 3.63) is 107 Å². The third-order valence-electron chi connectivity index (χ3n) is 16.8. The molecule has 3 aromatic carbocycles. The number of hydrogen-bond donors (Lipinski definition) is 2. The average Bonchev–Trinajstić information content (AvgIpc) is 4.06. The van der Waals surface area contributed by atoms with Crippen LogP contribution in [-0.2, 0) is 28.5 Å². The van der Waals surface area contributed by atoms with Gasteiger partial charge in [-0.3, -0.25) is 14.6 Å². The maximum Gasteiger partial charge on any atom is 0.288 e. The molecule has 3 aromatic heterocycles. The lowest BCUT2D eigenvalue weighted by atomic mass is 9.68. The van der Waals surface area contributed by atoms with Crippen LogP contribution in [0.4, 0.5) is 0 Å². The number of nitrogens with zero attached hydrogens (tertiary/aromatic N) is 5. The monoisotopic (exact) mass is 1050 g/mol. The van der Waals surface area contributed by atoms with Gasteiger partial charge >= 0.3 is 0 Å². The number of ether oxygens (including phenoxy) is 8. The second-order valence-electron chi connectivity index (χ2n) is 21.8. The molecule has 5 aliphatic heterocycles. The van der Waals surface area contributed by atoms with Crippen molar-refractivity contribution in [3.63, 3.8) is 0 Å². The van der Waals surface area contributed by atoms with E-state index in [1.807, 2.05) is 76.9 Å². The zero-order chi connectivity index (χ0) is 52.8. The van der Waals surface area contributed by atoms with Gasteiger partial charge in [-0.1, -0.05) is 4.99 Å². The standard InChI is InChI=1S/C60H68N7O10/c1-37-26-39-27-40(10-12-45(39)63-37)77-58-44-30-51(71-5)53(32-48(44)62-36-65(58)3)74-25-7-9-55(69)67-22-17-60(18-23-67)35-75-57(60)56-38(2)64-46-13-11-41(28-43(46)56)76-49-14-19-61-47-31-52(50(70-4)29-42(47)49)73-24-6-8-54(68)66-20-15-59(16-21-66)33-72-34-59/h10-14,19,26-29,31-32,36,44,57,63-64H,6-9,15-18,20-25,30,33-35H2,1-5H3/q+1. The molecule has 402 valence electrons. The number of aliphatic imine (C=N–C) groups is 1. The third kappa shape index (κ3) is 9.88. The molecule has 2 unspecified atom stereocenters. The van der Waals surface area contributed by atoms with Crippen LogP contribution < -0.4 is 18.9 Å². The Labute approximate surface area is 447 Å². The first-order chi connectivity index (χ1) is 37.5. The largest absolute Gasteiger partial charge is 0.497 e. The molecular weight excluding hydrogens is 979 g/mol. The minimum Gasteiger partial charge on any atom is -0.497 e. The third-order valence-corrected chi connectivity index (χ3v) is 16.8. The summed E-state index contributed by atoms with van der Waals surface area (Å²) in [4.78, 5) is 47.0. The second-order valence-corrected chi connectivity index (χ2v) is 21.8. The number of carbonyl (C=O) groups is 2. The zero-order valence-corrected chi connectivity index (χ0v) is 44.7. The summed E-state index contributed by atoms with van der Waals surface area (Å²) in [6, 6.07) is 19.9. The molecule has 2 spiro atoms. The number of aromatic amines is 2. The van der Waals surface area contributed by atoms with E-state index in [9.17, 15) is 9.59 Å². The fraction of sp³-hybridized carbons (Fsp3) is 0.450. The molecule has 0 bridgehead atoms. The molecule has 12 rings (SSSR count). The minimum absolute atomic E-state index is 0.0739. The summed E-state index contributed by atoms with van der Waals surface area (Å²) in [5.74, 6) is 5.48. The molecule has 4 fully saturated rings. The molecule has 4 saturated heterocycles. The van der Waals surface area contributed by atoms with Gasteiger partial charge in [-0.2, -0.15) is 0 Å². The van der Waals surface area contributed by atoms with Crippen LogP contribution in [0.1, 0.15) is 80.8 Å².